The second kappa shape index (κ2) is 8.10. The monoisotopic (exact) mass is 323 g/mol. The molecular formula is C15H18ClN3OS. The molecule has 2 aromatic rings. The van der Waals surface area contributed by atoms with Crippen LogP contribution in [-0.2, 0) is 5.75 Å². The van der Waals surface area contributed by atoms with Crippen molar-refractivity contribution in [2.24, 2.45) is 0 Å². The van der Waals surface area contributed by atoms with Crippen molar-refractivity contribution in [3.05, 3.63) is 41.2 Å². The number of rotatable bonds is 7. The van der Waals surface area contributed by atoms with Crippen molar-refractivity contribution in [3.63, 3.8) is 0 Å². The molecule has 112 valence electrons. The van der Waals surface area contributed by atoms with Gasteiger partial charge in [0.15, 0.2) is 11.6 Å². The number of benzene rings is 1. The molecule has 1 heterocycles. The Morgan fingerprint density at radius 2 is 2.10 bits per heavy atom. The van der Waals surface area contributed by atoms with Gasteiger partial charge < -0.3 is 10.1 Å². The Balaban J connectivity index is 2.14. The van der Waals surface area contributed by atoms with E-state index in [2.05, 4.69) is 22.2 Å². The zero-order valence-corrected chi connectivity index (χ0v) is 13.7. The maximum atomic E-state index is 6.17. The number of methoxy groups -OCH3 is 1. The minimum Gasteiger partial charge on any atom is -0.490 e. The lowest BCUT2D eigenvalue weighted by Crippen LogP contribution is -2.05. The second-order valence-electron chi connectivity index (χ2n) is 4.37. The van der Waals surface area contributed by atoms with Gasteiger partial charge in [-0.05, 0) is 18.1 Å². The first-order valence-electron chi connectivity index (χ1n) is 6.75. The lowest BCUT2D eigenvalue weighted by Gasteiger charge is -2.12. The average molecular weight is 324 g/mol. The fourth-order valence-electron chi connectivity index (χ4n) is 1.78. The van der Waals surface area contributed by atoms with Crippen LogP contribution in [0.15, 0.2) is 35.6 Å². The molecule has 6 heteroatoms. The Kier molecular flexibility index (Phi) is 6.14. The van der Waals surface area contributed by atoms with Gasteiger partial charge in [-0.1, -0.05) is 48.5 Å². The van der Waals surface area contributed by atoms with Gasteiger partial charge in [0.05, 0.1) is 7.11 Å². The Bertz CT molecular complexity index is 595. The largest absolute Gasteiger partial charge is 0.490 e. The highest BCUT2D eigenvalue weighted by Crippen LogP contribution is 2.35. The van der Waals surface area contributed by atoms with Gasteiger partial charge in [0.1, 0.15) is 11.4 Å². The van der Waals surface area contributed by atoms with E-state index in [0.717, 1.165) is 40.1 Å². The van der Waals surface area contributed by atoms with Crippen molar-refractivity contribution in [2.75, 3.05) is 19.0 Å². The van der Waals surface area contributed by atoms with E-state index in [1.165, 1.54) is 0 Å². The number of aromatic nitrogens is 2. The lowest BCUT2D eigenvalue weighted by molar-refractivity contribution is 0.400. The van der Waals surface area contributed by atoms with Crippen LogP contribution in [0.1, 0.15) is 18.9 Å². The molecule has 0 saturated heterocycles. The maximum absolute atomic E-state index is 6.17. The average Bonchev–Trinajstić information content (AvgIpc) is 2.52. The minimum absolute atomic E-state index is 0.683. The van der Waals surface area contributed by atoms with Gasteiger partial charge >= 0.3 is 0 Å². The van der Waals surface area contributed by atoms with Gasteiger partial charge in [-0.25, -0.2) is 9.97 Å². The van der Waals surface area contributed by atoms with Crippen molar-refractivity contribution in [3.8, 4) is 5.75 Å². The third-order valence-corrected chi connectivity index (χ3v) is 4.23. The number of anilines is 1. The van der Waals surface area contributed by atoms with Crippen molar-refractivity contribution in [1.29, 1.82) is 0 Å². The molecule has 1 N–H and O–H groups in total. The van der Waals surface area contributed by atoms with E-state index in [-0.39, 0.29) is 0 Å². The molecule has 4 nitrogen and oxygen atoms in total. The minimum atomic E-state index is 0.683. The Morgan fingerprint density at radius 1 is 1.29 bits per heavy atom. The highest BCUT2D eigenvalue weighted by atomic mass is 35.5. The zero-order chi connectivity index (χ0) is 15.1. The lowest BCUT2D eigenvalue weighted by atomic mass is 10.2. The summed E-state index contributed by atoms with van der Waals surface area (Å²) in [7, 11) is 1.63. The number of halogens is 1. The molecular weight excluding hydrogens is 306 g/mol. The molecule has 0 radical (unpaired) electrons. The molecule has 0 aliphatic rings. The number of hydrogen-bond donors (Lipinski definition) is 1. The summed E-state index contributed by atoms with van der Waals surface area (Å²) in [5, 5.41) is 4.83. The predicted molar refractivity (Wildman–Crippen MR) is 88.4 cm³/mol. The fraction of sp³-hybridized carbons (Fsp3) is 0.333. The number of hydrogen-bond acceptors (Lipinski definition) is 5. The summed E-state index contributed by atoms with van der Waals surface area (Å²) < 4.78 is 5.45. The van der Waals surface area contributed by atoms with Gasteiger partial charge in [-0.15, -0.1) is 0 Å². The Labute approximate surface area is 134 Å². The van der Waals surface area contributed by atoms with Crippen molar-refractivity contribution in [1.82, 2.24) is 9.97 Å². The highest BCUT2D eigenvalue weighted by Gasteiger charge is 2.13. The highest BCUT2D eigenvalue weighted by molar-refractivity contribution is 7.98. The van der Waals surface area contributed by atoms with Gasteiger partial charge in [-0.3, -0.25) is 0 Å². The van der Waals surface area contributed by atoms with Crippen LogP contribution < -0.4 is 10.1 Å². The first kappa shape index (κ1) is 15.9. The van der Waals surface area contributed by atoms with E-state index in [1.807, 2.05) is 24.3 Å². The molecule has 0 fully saturated rings. The van der Waals surface area contributed by atoms with Gasteiger partial charge in [0.2, 0.25) is 0 Å². The molecule has 0 atom stereocenters. The van der Waals surface area contributed by atoms with Crippen LogP contribution in [0.25, 0.3) is 0 Å². The standard InChI is InChI=1S/C15H18ClN3OS/c1-3-8-17-14-13(20-2)15(19-10-18-14)21-9-11-6-4-5-7-12(11)16/h4-7,10H,3,8-9H2,1-2H3,(H,17,18,19). The summed E-state index contributed by atoms with van der Waals surface area (Å²) in [5.74, 6) is 2.15. The predicted octanol–water partition coefficient (Wildman–Crippen LogP) is 4.25. The van der Waals surface area contributed by atoms with Gasteiger partial charge in [0.25, 0.3) is 0 Å². The van der Waals surface area contributed by atoms with Crippen LogP contribution in [0.2, 0.25) is 5.02 Å². The molecule has 0 aliphatic heterocycles. The molecule has 2 rings (SSSR count). The summed E-state index contributed by atoms with van der Waals surface area (Å²) in [5.41, 5.74) is 1.08. The third kappa shape index (κ3) is 4.25. The van der Waals surface area contributed by atoms with Gasteiger partial charge in [-0.2, -0.15) is 0 Å². The van der Waals surface area contributed by atoms with Crippen LogP contribution in [0, 0.1) is 0 Å². The number of thioether (sulfide) groups is 1. The normalized spacial score (nSPS) is 10.4. The van der Waals surface area contributed by atoms with Crippen LogP contribution in [-0.4, -0.2) is 23.6 Å². The summed E-state index contributed by atoms with van der Waals surface area (Å²) in [6, 6.07) is 7.81. The molecule has 1 aromatic carbocycles. The van der Waals surface area contributed by atoms with E-state index in [0.29, 0.717) is 5.75 Å². The van der Waals surface area contributed by atoms with E-state index in [9.17, 15) is 0 Å². The van der Waals surface area contributed by atoms with E-state index < -0.39 is 0 Å². The van der Waals surface area contributed by atoms with Crippen LogP contribution in [0.3, 0.4) is 0 Å². The van der Waals surface area contributed by atoms with E-state index in [4.69, 9.17) is 16.3 Å². The maximum Gasteiger partial charge on any atom is 0.193 e. The Morgan fingerprint density at radius 3 is 2.81 bits per heavy atom. The summed E-state index contributed by atoms with van der Waals surface area (Å²) in [6.07, 6.45) is 2.57. The molecule has 1 aromatic heterocycles. The molecule has 0 bridgehead atoms. The van der Waals surface area contributed by atoms with Crippen LogP contribution >= 0.6 is 23.4 Å². The summed E-state index contributed by atoms with van der Waals surface area (Å²) >= 11 is 7.76. The summed E-state index contributed by atoms with van der Waals surface area (Å²) in [6.45, 7) is 2.95. The van der Waals surface area contributed by atoms with E-state index in [1.54, 1.807) is 25.2 Å². The third-order valence-electron chi connectivity index (χ3n) is 2.84. The van der Waals surface area contributed by atoms with Crippen LogP contribution in [0.5, 0.6) is 5.75 Å². The quantitative estimate of drug-likeness (QED) is 0.609. The van der Waals surface area contributed by atoms with Crippen LogP contribution in [0.4, 0.5) is 5.82 Å². The SMILES string of the molecule is CCCNc1ncnc(SCc2ccccc2Cl)c1OC. The molecule has 21 heavy (non-hydrogen) atoms. The fourth-order valence-corrected chi connectivity index (χ4v) is 3.03. The number of nitrogens with one attached hydrogen (secondary N) is 1. The molecule has 0 unspecified atom stereocenters. The molecule has 0 spiro atoms. The zero-order valence-electron chi connectivity index (χ0n) is 12.1. The van der Waals surface area contributed by atoms with Gasteiger partial charge in [0, 0.05) is 17.3 Å². The molecule has 0 aliphatic carbocycles. The van der Waals surface area contributed by atoms with E-state index >= 15 is 0 Å². The molecule has 0 amide bonds. The van der Waals surface area contributed by atoms with Crippen molar-refractivity contribution < 1.29 is 4.74 Å². The topological polar surface area (TPSA) is 47.0 Å². The van der Waals surface area contributed by atoms with Crippen molar-refractivity contribution >= 4 is 29.2 Å². The second-order valence-corrected chi connectivity index (χ2v) is 5.74. The Hall–Kier alpha value is -1.46. The number of nitrogens with zero attached hydrogens (tertiary/aromatic N) is 2. The summed E-state index contributed by atoms with van der Waals surface area (Å²) in [4.78, 5) is 8.54. The first-order chi connectivity index (χ1) is 10.3. The molecule has 0 saturated carbocycles. The number of ether oxygens (including phenoxy) is 1. The smallest absolute Gasteiger partial charge is 0.193 e. The first-order valence-corrected chi connectivity index (χ1v) is 8.11. The van der Waals surface area contributed by atoms with Crippen molar-refractivity contribution in [2.45, 2.75) is 24.1 Å².